The molecule has 0 aliphatic carbocycles. The first kappa shape index (κ1) is 15.2. The molecule has 0 bridgehead atoms. The maximum absolute atomic E-state index is 11.7. The molecule has 1 heterocycles. The Bertz CT molecular complexity index is 879. The molecule has 3 aromatic rings. The number of fused-ring (bicyclic) bond motifs is 1. The molecule has 0 spiro atoms. The summed E-state index contributed by atoms with van der Waals surface area (Å²) >= 11 is 0. The second kappa shape index (κ2) is 5.80. The quantitative estimate of drug-likeness (QED) is 0.783. The van der Waals surface area contributed by atoms with Gasteiger partial charge in [-0.2, -0.15) is 0 Å². The van der Waals surface area contributed by atoms with E-state index >= 15 is 0 Å². The van der Waals surface area contributed by atoms with Gasteiger partial charge in [-0.25, -0.2) is 4.79 Å². The average molecular weight is 309 g/mol. The summed E-state index contributed by atoms with van der Waals surface area (Å²) in [7, 11) is 1.65. The second-order valence-electron chi connectivity index (χ2n) is 5.57. The van der Waals surface area contributed by atoms with E-state index in [1.807, 2.05) is 55.5 Å². The Kier molecular flexibility index (Phi) is 3.82. The van der Waals surface area contributed by atoms with E-state index in [1.165, 1.54) is 0 Å². The van der Waals surface area contributed by atoms with Crippen molar-refractivity contribution >= 4 is 16.9 Å². The standard InChI is InChI=1S/C19H19NO3/c1-12(14-8-5-7-11-17(14)23-3)20-13(2)18(19(21)22)15-9-4-6-10-16(15)20/h4-12H,1-3H3,(H,21,22). The molecule has 0 aliphatic rings. The number of aromatic nitrogens is 1. The Morgan fingerprint density at radius 1 is 1.13 bits per heavy atom. The zero-order valence-corrected chi connectivity index (χ0v) is 13.4. The number of ether oxygens (including phenoxy) is 1. The third kappa shape index (κ3) is 2.36. The molecule has 118 valence electrons. The summed E-state index contributed by atoms with van der Waals surface area (Å²) in [5.41, 5.74) is 3.05. The van der Waals surface area contributed by atoms with Crippen molar-refractivity contribution < 1.29 is 14.6 Å². The minimum atomic E-state index is -0.898. The van der Waals surface area contributed by atoms with Gasteiger partial charge in [0, 0.05) is 22.2 Å². The summed E-state index contributed by atoms with van der Waals surface area (Å²) < 4.78 is 7.53. The monoisotopic (exact) mass is 309 g/mol. The normalized spacial score (nSPS) is 12.3. The number of aromatic carboxylic acids is 1. The van der Waals surface area contributed by atoms with Gasteiger partial charge in [0.05, 0.1) is 18.7 Å². The molecule has 3 rings (SSSR count). The summed E-state index contributed by atoms with van der Waals surface area (Å²) in [4.78, 5) is 11.7. The van der Waals surface area contributed by atoms with Crippen molar-refractivity contribution in [2.24, 2.45) is 0 Å². The number of carbonyl (C=O) groups is 1. The van der Waals surface area contributed by atoms with E-state index in [1.54, 1.807) is 7.11 Å². The van der Waals surface area contributed by atoms with Crippen molar-refractivity contribution in [3.8, 4) is 5.75 Å². The summed E-state index contributed by atoms with van der Waals surface area (Å²) in [5.74, 6) is -0.0984. The van der Waals surface area contributed by atoms with Crippen LogP contribution in [0.2, 0.25) is 0 Å². The van der Waals surface area contributed by atoms with E-state index in [9.17, 15) is 9.90 Å². The van der Waals surface area contributed by atoms with Crippen LogP contribution in [0.5, 0.6) is 5.75 Å². The first-order valence-corrected chi connectivity index (χ1v) is 7.52. The van der Waals surface area contributed by atoms with Crippen LogP contribution in [0.15, 0.2) is 48.5 Å². The Hall–Kier alpha value is -2.75. The topological polar surface area (TPSA) is 51.5 Å². The van der Waals surface area contributed by atoms with Gasteiger partial charge in [-0.15, -0.1) is 0 Å². The highest BCUT2D eigenvalue weighted by Gasteiger charge is 2.23. The van der Waals surface area contributed by atoms with Crippen molar-refractivity contribution in [1.29, 1.82) is 0 Å². The molecule has 1 atom stereocenters. The van der Waals surface area contributed by atoms with E-state index in [0.717, 1.165) is 27.9 Å². The number of carboxylic acid groups (broad SMARTS) is 1. The van der Waals surface area contributed by atoms with Gasteiger partial charge in [-0.05, 0) is 26.0 Å². The van der Waals surface area contributed by atoms with Gasteiger partial charge in [0.15, 0.2) is 0 Å². The summed E-state index contributed by atoms with van der Waals surface area (Å²) in [6.07, 6.45) is 0. The van der Waals surface area contributed by atoms with E-state index < -0.39 is 5.97 Å². The van der Waals surface area contributed by atoms with Gasteiger partial charge >= 0.3 is 5.97 Å². The predicted molar refractivity (Wildman–Crippen MR) is 90.4 cm³/mol. The fraction of sp³-hybridized carbons (Fsp3) is 0.211. The molecule has 0 aliphatic heterocycles. The maximum Gasteiger partial charge on any atom is 0.338 e. The van der Waals surface area contributed by atoms with E-state index in [0.29, 0.717) is 5.56 Å². The van der Waals surface area contributed by atoms with Gasteiger partial charge in [0.2, 0.25) is 0 Å². The molecule has 1 unspecified atom stereocenters. The first-order chi connectivity index (χ1) is 11.1. The number of rotatable bonds is 4. The van der Waals surface area contributed by atoms with Crippen LogP contribution in [0, 0.1) is 6.92 Å². The molecule has 1 N–H and O–H groups in total. The van der Waals surface area contributed by atoms with Crippen molar-refractivity contribution in [2.45, 2.75) is 19.9 Å². The SMILES string of the molecule is COc1ccccc1C(C)n1c(C)c(C(=O)O)c2ccccc21. The van der Waals surface area contributed by atoms with E-state index in [-0.39, 0.29) is 6.04 Å². The van der Waals surface area contributed by atoms with Gasteiger partial charge in [-0.3, -0.25) is 0 Å². The van der Waals surface area contributed by atoms with Gasteiger partial charge in [0.25, 0.3) is 0 Å². The molecule has 0 saturated heterocycles. The van der Waals surface area contributed by atoms with Crippen LogP contribution >= 0.6 is 0 Å². The van der Waals surface area contributed by atoms with Crippen LogP contribution in [-0.4, -0.2) is 22.8 Å². The Balaban J connectivity index is 2.28. The zero-order chi connectivity index (χ0) is 16.6. The minimum Gasteiger partial charge on any atom is -0.496 e. The Morgan fingerprint density at radius 3 is 2.48 bits per heavy atom. The van der Waals surface area contributed by atoms with Crippen molar-refractivity contribution in [2.75, 3.05) is 7.11 Å². The number of benzene rings is 2. The van der Waals surface area contributed by atoms with Crippen LogP contribution in [0.3, 0.4) is 0 Å². The molecule has 0 radical (unpaired) electrons. The van der Waals surface area contributed by atoms with Crippen molar-refractivity contribution in [3.63, 3.8) is 0 Å². The second-order valence-corrected chi connectivity index (χ2v) is 5.57. The maximum atomic E-state index is 11.7. The number of para-hydroxylation sites is 2. The highest BCUT2D eigenvalue weighted by Crippen LogP contribution is 2.34. The molecule has 1 aromatic heterocycles. The lowest BCUT2D eigenvalue weighted by molar-refractivity contribution is 0.0698. The van der Waals surface area contributed by atoms with Crippen LogP contribution < -0.4 is 4.74 Å². The van der Waals surface area contributed by atoms with Crippen LogP contribution in [-0.2, 0) is 0 Å². The third-order valence-corrected chi connectivity index (χ3v) is 4.35. The average Bonchev–Trinajstić information content (AvgIpc) is 2.86. The van der Waals surface area contributed by atoms with Gasteiger partial charge in [0.1, 0.15) is 5.75 Å². The van der Waals surface area contributed by atoms with Gasteiger partial charge in [-0.1, -0.05) is 36.4 Å². The lowest BCUT2D eigenvalue weighted by atomic mass is 10.1. The number of nitrogens with zero attached hydrogens (tertiary/aromatic N) is 1. The predicted octanol–water partition coefficient (Wildman–Crippen LogP) is 4.27. The van der Waals surface area contributed by atoms with Gasteiger partial charge < -0.3 is 14.4 Å². The lowest BCUT2D eigenvalue weighted by Crippen LogP contribution is -2.11. The molecule has 0 saturated carbocycles. The number of hydrogen-bond donors (Lipinski definition) is 1. The van der Waals surface area contributed by atoms with Crippen LogP contribution in [0.1, 0.15) is 34.6 Å². The largest absolute Gasteiger partial charge is 0.496 e. The summed E-state index contributed by atoms with van der Waals surface area (Å²) in [6.45, 7) is 3.91. The van der Waals surface area contributed by atoms with E-state index in [2.05, 4.69) is 11.5 Å². The molecule has 2 aromatic carbocycles. The number of methoxy groups -OCH3 is 1. The Morgan fingerprint density at radius 2 is 1.78 bits per heavy atom. The van der Waals surface area contributed by atoms with Crippen LogP contribution in [0.25, 0.3) is 10.9 Å². The molecule has 4 heteroatoms. The smallest absolute Gasteiger partial charge is 0.338 e. The number of carboxylic acids is 1. The molecule has 0 amide bonds. The van der Waals surface area contributed by atoms with Crippen molar-refractivity contribution in [1.82, 2.24) is 4.57 Å². The number of hydrogen-bond acceptors (Lipinski definition) is 2. The fourth-order valence-electron chi connectivity index (χ4n) is 3.31. The third-order valence-electron chi connectivity index (χ3n) is 4.35. The first-order valence-electron chi connectivity index (χ1n) is 7.52. The fourth-order valence-corrected chi connectivity index (χ4v) is 3.31. The molecule has 4 nitrogen and oxygen atoms in total. The highest BCUT2D eigenvalue weighted by molar-refractivity contribution is 6.05. The van der Waals surface area contributed by atoms with Crippen molar-refractivity contribution in [3.05, 3.63) is 65.4 Å². The van der Waals surface area contributed by atoms with Crippen LogP contribution in [0.4, 0.5) is 0 Å². The summed E-state index contributed by atoms with van der Waals surface area (Å²) in [6, 6.07) is 15.4. The molecular formula is C19H19NO3. The molecular weight excluding hydrogens is 290 g/mol. The zero-order valence-electron chi connectivity index (χ0n) is 13.4. The minimum absolute atomic E-state index is 0.0378. The Labute approximate surface area is 134 Å². The molecule has 0 fully saturated rings. The molecule has 23 heavy (non-hydrogen) atoms. The van der Waals surface area contributed by atoms with E-state index in [4.69, 9.17) is 4.74 Å². The lowest BCUT2D eigenvalue weighted by Gasteiger charge is -2.20. The highest BCUT2D eigenvalue weighted by atomic mass is 16.5. The summed E-state index contributed by atoms with van der Waals surface area (Å²) in [5, 5.41) is 10.4.